The Labute approximate surface area is 142 Å². The molecule has 2 aromatic heterocycles. The van der Waals surface area contributed by atoms with Gasteiger partial charge >= 0.3 is 0 Å². The molecule has 128 valence electrons. The number of pyridine rings is 1. The van der Waals surface area contributed by atoms with Gasteiger partial charge in [0, 0.05) is 31.8 Å². The van der Waals surface area contributed by atoms with E-state index in [1.165, 1.54) is 6.33 Å². The zero-order valence-corrected chi connectivity index (χ0v) is 14.2. The van der Waals surface area contributed by atoms with E-state index in [2.05, 4.69) is 37.8 Å². The first kappa shape index (κ1) is 17.7. The summed E-state index contributed by atoms with van der Waals surface area (Å²) in [4.78, 5) is 24.1. The number of nitrogens with one attached hydrogen (secondary N) is 3. The highest BCUT2D eigenvalue weighted by molar-refractivity contribution is 5.75. The zero-order valence-electron chi connectivity index (χ0n) is 14.2. The van der Waals surface area contributed by atoms with Crippen molar-refractivity contribution >= 4 is 23.4 Å². The molecule has 7 heteroatoms. The summed E-state index contributed by atoms with van der Waals surface area (Å²) < 4.78 is 0. The highest BCUT2D eigenvalue weighted by Crippen LogP contribution is 2.14. The van der Waals surface area contributed by atoms with Gasteiger partial charge in [-0.2, -0.15) is 0 Å². The highest BCUT2D eigenvalue weighted by atomic mass is 16.1. The van der Waals surface area contributed by atoms with Gasteiger partial charge in [-0.3, -0.25) is 4.79 Å². The van der Waals surface area contributed by atoms with Crippen molar-refractivity contribution in [2.24, 2.45) is 0 Å². The molecule has 0 atom stereocenters. The van der Waals surface area contributed by atoms with Crippen LogP contribution in [0.2, 0.25) is 0 Å². The fourth-order valence-electron chi connectivity index (χ4n) is 2.08. The molecule has 0 aliphatic carbocycles. The SMILES string of the molecule is CCCCC(=O)NCCNc1cc(Nc2cc(C)ccn2)ncn1. The molecule has 1 amide bonds. The smallest absolute Gasteiger partial charge is 0.220 e. The second kappa shape index (κ2) is 9.44. The van der Waals surface area contributed by atoms with Gasteiger partial charge in [-0.15, -0.1) is 0 Å². The van der Waals surface area contributed by atoms with Crippen LogP contribution in [0.15, 0.2) is 30.7 Å². The van der Waals surface area contributed by atoms with Crippen molar-refractivity contribution in [2.45, 2.75) is 33.1 Å². The molecule has 0 fully saturated rings. The lowest BCUT2D eigenvalue weighted by atomic mass is 10.2. The van der Waals surface area contributed by atoms with Crippen LogP contribution in [0.5, 0.6) is 0 Å². The van der Waals surface area contributed by atoms with Gasteiger partial charge in [0.2, 0.25) is 5.91 Å². The maximum Gasteiger partial charge on any atom is 0.220 e. The van der Waals surface area contributed by atoms with Gasteiger partial charge in [0.05, 0.1) is 0 Å². The number of nitrogens with zero attached hydrogens (tertiary/aromatic N) is 3. The van der Waals surface area contributed by atoms with Gasteiger partial charge in [0.25, 0.3) is 0 Å². The molecule has 0 saturated heterocycles. The lowest BCUT2D eigenvalue weighted by molar-refractivity contribution is -0.121. The Kier molecular flexibility index (Phi) is 6.94. The van der Waals surface area contributed by atoms with E-state index >= 15 is 0 Å². The number of carbonyl (C=O) groups is 1. The molecule has 2 heterocycles. The Morgan fingerprint density at radius 3 is 2.67 bits per heavy atom. The third kappa shape index (κ3) is 6.20. The Balaban J connectivity index is 1.79. The van der Waals surface area contributed by atoms with E-state index in [9.17, 15) is 4.79 Å². The largest absolute Gasteiger partial charge is 0.368 e. The number of anilines is 3. The van der Waals surface area contributed by atoms with E-state index < -0.39 is 0 Å². The van der Waals surface area contributed by atoms with Crippen molar-refractivity contribution in [1.29, 1.82) is 0 Å². The second-order valence-corrected chi connectivity index (χ2v) is 5.51. The van der Waals surface area contributed by atoms with Crippen molar-refractivity contribution in [3.05, 3.63) is 36.3 Å². The molecule has 0 bridgehead atoms. The third-order valence-corrected chi connectivity index (χ3v) is 3.35. The molecule has 0 radical (unpaired) electrons. The molecule has 0 spiro atoms. The molecule has 2 rings (SSSR count). The van der Waals surface area contributed by atoms with Crippen molar-refractivity contribution in [3.63, 3.8) is 0 Å². The molecular formula is C17H24N6O. The Bertz CT molecular complexity index is 661. The van der Waals surface area contributed by atoms with E-state index in [0.29, 0.717) is 31.1 Å². The molecule has 24 heavy (non-hydrogen) atoms. The van der Waals surface area contributed by atoms with Crippen LogP contribution in [0.1, 0.15) is 31.7 Å². The summed E-state index contributed by atoms with van der Waals surface area (Å²) in [5.41, 5.74) is 1.12. The second-order valence-electron chi connectivity index (χ2n) is 5.51. The molecule has 2 aromatic rings. The summed E-state index contributed by atoms with van der Waals surface area (Å²) in [7, 11) is 0. The first-order valence-corrected chi connectivity index (χ1v) is 8.19. The van der Waals surface area contributed by atoms with Gasteiger partial charge in [0.1, 0.15) is 23.8 Å². The van der Waals surface area contributed by atoms with Crippen LogP contribution in [-0.4, -0.2) is 33.9 Å². The molecule has 0 unspecified atom stereocenters. The number of unbranched alkanes of at least 4 members (excludes halogenated alkanes) is 1. The lowest BCUT2D eigenvalue weighted by Crippen LogP contribution is -2.28. The van der Waals surface area contributed by atoms with Crippen molar-refractivity contribution in [3.8, 4) is 0 Å². The molecule has 0 aliphatic rings. The Hall–Kier alpha value is -2.70. The average Bonchev–Trinajstić information content (AvgIpc) is 2.57. The van der Waals surface area contributed by atoms with Crippen LogP contribution in [0.25, 0.3) is 0 Å². The highest BCUT2D eigenvalue weighted by Gasteiger charge is 2.02. The normalized spacial score (nSPS) is 10.2. The van der Waals surface area contributed by atoms with Crippen LogP contribution >= 0.6 is 0 Å². The van der Waals surface area contributed by atoms with Crippen LogP contribution < -0.4 is 16.0 Å². The molecular weight excluding hydrogens is 304 g/mol. The summed E-state index contributed by atoms with van der Waals surface area (Å²) in [6.07, 6.45) is 5.77. The summed E-state index contributed by atoms with van der Waals surface area (Å²) in [6, 6.07) is 5.69. The topological polar surface area (TPSA) is 91.8 Å². The maximum atomic E-state index is 11.5. The summed E-state index contributed by atoms with van der Waals surface area (Å²) in [5.74, 6) is 2.19. The Morgan fingerprint density at radius 1 is 1.08 bits per heavy atom. The van der Waals surface area contributed by atoms with E-state index in [-0.39, 0.29) is 5.91 Å². The maximum absolute atomic E-state index is 11.5. The van der Waals surface area contributed by atoms with Gasteiger partial charge in [0.15, 0.2) is 0 Å². The van der Waals surface area contributed by atoms with E-state index in [1.54, 1.807) is 6.20 Å². The van der Waals surface area contributed by atoms with Gasteiger partial charge in [-0.05, 0) is 31.0 Å². The molecule has 0 aromatic carbocycles. The van der Waals surface area contributed by atoms with Gasteiger partial charge < -0.3 is 16.0 Å². The average molecular weight is 328 g/mol. The minimum atomic E-state index is 0.0919. The summed E-state index contributed by atoms with van der Waals surface area (Å²) in [5, 5.41) is 9.19. The van der Waals surface area contributed by atoms with Crippen LogP contribution in [-0.2, 0) is 4.79 Å². The van der Waals surface area contributed by atoms with E-state index in [4.69, 9.17) is 0 Å². The number of aromatic nitrogens is 3. The monoisotopic (exact) mass is 328 g/mol. The number of amides is 1. The molecule has 7 nitrogen and oxygen atoms in total. The van der Waals surface area contributed by atoms with E-state index in [0.717, 1.165) is 24.2 Å². The van der Waals surface area contributed by atoms with Crippen LogP contribution in [0, 0.1) is 6.92 Å². The van der Waals surface area contributed by atoms with Gasteiger partial charge in [-0.25, -0.2) is 15.0 Å². The molecule has 3 N–H and O–H groups in total. The van der Waals surface area contributed by atoms with Crippen molar-refractivity contribution in [2.75, 3.05) is 23.7 Å². The van der Waals surface area contributed by atoms with Crippen molar-refractivity contribution < 1.29 is 4.79 Å². The number of carbonyl (C=O) groups excluding carboxylic acids is 1. The fraction of sp³-hybridized carbons (Fsp3) is 0.412. The molecule has 0 saturated carbocycles. The number of aryl methyl sites for hydroxylation is 1. The molecule has 0 aliphatic heterocycles. The first-order valence-electron chi connectivity index (χ1n) is 8.19. The fourth-order valence-corrected chi connectivity index (χ4v) is 2.08. The number of hydrogen-bond donors (Lipinski definition) is 3. The minimum Gasteiger partial charge on any atom is -0.368 e. The van der Waals surface area contributed by atoms with Crippen LogP contribution in [0.3, 0.4) is 0 Å². The predicted octanol–water partition coefficient (Wildman–Crippen LogP) is 2.64. The van der Waals surface area contributed by atoms with Crippen molar-refractivity contribution in [1.82, 2.24) is 20.3 Å². The minimum absolute atomic E-state index is 0.0919. The quantitative estimate of drug-likeness (QED) is 0.613. The lowest BCUT2D eigenvalue weighted by Gasteiger charge is -2.09. The number of rotatable bonds is 9. The summed E-state index contributed by atoms with van der Waals surface area (Å²) >= 11 is 0. The standard InChI is InChI=1S/C17H24N6O/c1-3-4-5-17(24)20-9-8-19-14-11-16(22-12-21-14)23-15-10-13(2)6-7-18-15/h6-7,10-12H,3-5,8-9H2,1-2H3,(H,20,24)(H2,18,19,21,22,23). The number of hydrogen-bond acceptors (Lipinski definition) is 6. The third-order valence-electron chi connectivity index (χ3n) is 3.35. The summed E-state index contributed by atoms with van der Waals surface area (Å²) in [6.45, 7) is 5.25. The Morgan fingerprint density at radius 2 is 1.88 bits per heavy atom. The van der Waals surface area contributed by atoms with Gasteiger partial charge in [-0.1, -0.05) is 13.3 Å². The first-order chi connectivity index (χ1) is 11.7. The van der Waals surface area contributed by atoms with E-state index in [1.807, 2.05) is 25.1 Å². The zero-order chi connectivity index (χ0) is 17.2. The van der Waals surface area contributed by atoms with Crippen LogP contribution in [0.4, 0.5) is 17.5 Å². The predicted molar refractivity (Wildman–Crippen MR) is 95.3 cm³/mol.